The van der Waals surface area contributed by atoms with Crippen molar-refractivity contribution in [3.05, 3.63) is 0 Å². The van der Waals surface area contributed by atoms with E-state index in [0.29, 0.717) is 79.8 Å². The van der Waals surface area contributed by atoms with Crippen molar-refractivity contribution < 1.29 is 28.4 Å². The van der Waals surface area contributed by atoms with Gasteiger partial charge in [-0.15, -0.1) is 0 Å². The Bertz CT molecular complexity index is 463. The van der Waals surface area contributed by atoms with Crippen LogP contribution in [0.4, 0.5) is 0 Å². The summed E-state index contributed by atoms with van der Waals surface area (Å²) < 4.78 is 34.8. The van der Waals surface area contributed by atoms with Crippen molar-refractivity contribution in [2.75, 3.05) is 79.8 Å². The highest BCUT2D eigenvalue weighted by atomic mass is 16.5. The molecule has 0 aromatic carbocycles. The van der Waals surface area contributed by atoms with Crippen LogP contribution in [0.25, 0.3) is 0 Å². The van der Waals surface area contributed by atoms with Crippen LogP contribution in [0, 0.1) is 0 Å². The minimum atomic E-state index is -0.255. The topological polar surface area (TPSA) is 77.5 Å². The molecular weight excluding hydrogens is 404 g/mol. The summed E-state index contributed by atoms with van der Waals surface area (Å²) in [6, 6.07) is 0. The van der Waals surface area contributed by atoms with E-state index in [0.717, 1.165) is 5.84 Å². The van der Waals surface area contributed by atoms with Crippen LogP contribution in [0.2, 0.25) is 0 Å². The summed E-state index contributed by atoms with van der Waals surface area (Å²) in [7, 11) is 0. The Morgan fingerprint density at radius 1 is 0.710 bits per heavy atom. The highest BCUT2D eigenvalue weighted by Crippen LogP contribution is 2.23. The fourth-order valence-electron chi connectivity index (χ4n) is 3.13. The number of hydrogen-bond acceptors (Lipinski definition) is 10. The maximum atomic E-state index is 5.84. The summed E-state index contributed by atoms with van der Waals surface area (Å²) in [5.74, 6) is 0.816. The lowest BCUT2D eigenvalue weighted by atomic mass is 10.3. The van der Waals surface area contributed by atoms with Crippen LogP contribution < -0.4 is 0 Å². The second kappa shape index (κ2) is 17.7. The molecule has 0 spiro atoms. The van der Waals surface area contributed by atoms with Gasteiger partial charge >= 0.3 is 0 Å². The number of rotatable bonds is 19. The average molecular weight is 449 g/mol. The molecule has 10 nitrogen and oxygen atoms in total. The Kier molecular flexibility index (Phi) is 16.1. The molecule has 0 saturated carbocycles. The number of amidine groups is 1. The van der Waals surface area contributed by atoms with Crippen LogP contribution in [0.1, 0.15) is 41.5 Å². The Morgan fingerprint density at radius 2 is 1.26 bits per heavy atom. The summed E-state index contributed by atoms with van der Waals surface area (Å²) in [5.41, 5.74) is 0. The fourth-order valence-corrected chi connectivity index (χ4v) is 3.13. The van der Waals surface area contributed by atoms with Crippen molar-refractivity contribution in [3.8, 4) is 0 Å². The second-order valence-corrected chi connectivity index (χ2v) is 6.73. The molecule has 0 aliphatic carbocycles. The molecule has 0 aromatic heterocycles. The lowest BCUT2D eigenvalue weighted by Crippen LogP contribution is -2.67. The molecule has 0 fully saturated rings. The van der Waals surface area contributed by atoms with Crippen molar-refractivity contribution >= 4 is 5.84 Å². The molecule has 0 saturated heterocycles. The monoisotopic (exact) mass is 448 g/mol. The van der Waals surface area contributed by atoms with E-state index in [4.69, 9.17) is 33.4 Å². The first-order valence-electron chi connectivity index (χ1n) is 11.5. The zero-order valence-electron chi connectivity index (χ0n) is 20.4. The molecular formula is C21H44N4O6. The van der Waals surface area contributed by atoms with Crippen molar-refractivity contribution in [1.82, 2.24) is 14.7 Å². The fraction of sp³-hybridized carbons (Fsp3) is 0.952. The Labute approximate surface area is 188 Å². The van der Waals surface area contributed by atoms with Crippen LogP contribution in [0.15, 0.2) is 4.99 Å². The van der Waals surface area contributed by atoms with Crippen LogP contribution >= 0.6 is 0 Å². The summed E-state index contributed by atoms with van der Waals surface area (Å²) in [6.07, 6.45) is -0.481. The van der Waals surface area contributed by atoms with E-state index in [-0.39, 0.29) is 12.5 Å². The number of hydrogen-bond donors (Lipinski definition) is 0. The molecule has 2 unspecified atom stereocenters. The first-order chi connectivity index (χ1) is 15.2. The molecule has 1 aliphatic rings. The van der Waals surface area contributed by atoms with Crippen LogP contribution in [0.5, 0.6) is 0 Å². The summed E-state index contributed by atoms with van der Waals surface area (Å²) in [5, 5.41) is 0. The van der Waals surface area contributed by atoms with E-state index < -0.39 is 0 Å². The van der Waals surface area contributed by atoms with Crippen LogP contribution in [-0.4, -0.2) is 113 Å². The van der Waals surface area contributed by atoms with Gasteiger partial charge in [0.15, 0.2) is 0 Å². The van der Waals surface area contributed by atoms with Gasteiger partial charge in [-0.1, -0.05) is 0 Å². The molecule has 0 radical (unpaired) electrons. The maximum Gasteiger partial charge on any atom is 0.150 e. The molecule has 1 rings (SSSR count). The minimum absolute atomic E-state index is 0.226. The number of nitrogens with zero attached hydrogens (tertiary/aromatic N) is 4. The molecule has 0 amide bonds. The van der Waals surface area contributed by atoms with E-state index >= 15 is 0 Å². The lowest BCUT2D eigenvalue weighted by Gasteiger charge is -2.50. The third-order valence-electron chi connectivity index (χ3n) is 4.62. The number of ether oxygens (including phenoxy) is 6. The van der Waals surface area contributed by atoms with E-state index in [9.17, 15) is 0 Å². The van der Waals surface area contributed by atoms with Gasteiger partial charge in [0.05, 0.1) is 6.61 Å². The van der Waals surface area contributed by atoms with Gasteiger partial charge in [-0.05, 0) is 41.5 Å². The van der Waals surface area contributed by atoms with Gasteiger partial charge < -0.3 is 33.3 Å². The molecule has 0 N–H and O–H groups in total. The molecule has 0 aromatic rings. The van der Waals surface area contributed by atoms with Crippen molar-refractivity contribution in [3.63, 3.8) is 0 Å². The highest BCUT2D eigenvalue weighted by molar-refractivity contribution is 5.84. The largest absolute Gasteiger partial charge is 0.378 e. The smallest absolute Gasteiger partial charge is 0.150 e. The molecule has 1 aliphatic heterocycles. The van der Waals surface area contributed by atoms with Gasteiger partial charge in [-0.3, -0.25) is 0 Å². The van der Waals surface area contributed by atoms with E-state index in [2.05, 4.69) is 14.7 Å². The molecule has 0 bridgehead atoms. The van der Waals surface area contributed by atoms with Crippen molar-refractivity contribution in [2.45, 2.75) is 54.0 Å². The molecule has 1 heterocycles. The first-order valence-corrected chi connectivity index (χ1v) is 11.5. The predicted molar refractivity (Wildman–Crippen MR) is 119 cm³/mol. The summed E-state index contributed by atoms with van der Waals surface area (Å²) in [6.45, 7) is 17.9. The quantitative estimate of drug-likeness (QED) is 0.276. The summed E-state index contributed by atoms with van der Waals surface area (Å²) in [4.78, 5) is 11.3. The van der Waals surface area contributed by atoms with Gasteiger partial charge in [0, 0.05) is 39.6 Å². The first kappa shape index (κ1) is 28.2. The standard InChI is InChI=1S/C21H44N4O6/c1-7-26-13-19-22-20(14-27-8-2)25(18-31-12-6)21(24(19)17-30-11-5)23(15-28-9-3)16-29-10-4/h19,21H,7-18H2,1-6H3. The van der Waals surface area contributed by atoms with E-state index in [1.807, 2.05) is 41.5 Å². The molecule has 10 heteroatoms. The van der Waals surface area contributed by atoms with Crippen LogP contribution in [0.3, 0.4) is 0 Å². The Morgan fingerprint density at radius 3 is 1.81 bits per heavy atom. The zero-order valence-corrected chi connectivity index (χ0v) is 20.4. The van der Waals surface area contributed by atoms with Gasteiger partial charge in [-0.25, -0.2) is 14.8 Å². The van der Waals surface area contributed by atoms with Crippen molar-refractivity contribution in [2.24, 2.45) is 4.99 Å². The van der Waals surface area contributed by atoms with Gasteiger partial charge in [0.1, 0.15) is 51.8 Å². The lowest BCUT2D eigenvalue weighted by molar-refractivity contribution is -0.194. The second-order valence-electron chi connectivity index (χ2n) is 6.73. The third-order valence-corrected chi connectivity index (χ3v) is 4.62. The normalized spacial score (nSPS) is 20.0. The molecule has 31 heavy (non-hydrogen) atoms. The highest BCUT2D eigenvalue weighted by Gasteiger charge is 2.41. The molecule has 2 atom stereocenters. The molecule has 184 valence electrons. The average Bonchev–Trinajstić information content (AvgIpc) is 2.79. The third kappa shape index (κ3) is 9.67. The van der Waals surface area contributed by atoms with E-state index in [1.54, 1.807) is 0 Å². The summed E-state index contributed by atoms with van der Waals surface area (Å²) >= 11 is 0. The van der Waals surface area contributed by atoms with Crippen LogP contribution in [-0.2, 0) is 28.4 Å². The maximum absolute atomic E-state index is 5.84. The number of aliphatic imine (C=N–C) groups is 1. The minimum Gasteiger partial charge on any atom is -0.378 e. The van der Waals surface area contributed by atoms with Crippen molar-refractivity contribution in [1.29, 1.82) is 0 Å². The van der Waals surface area contributed by atoms with Gasteiger partial charge in [0.2, 0.25) is 0 Å². The Hall–Kier alpha value is -0.850. The van der Waals surface area contributed by atoms with Gasteiger partial charge in [-0.2, -0.15) is 0 Å². The zero-order chi connectivity index (χ0) is 22.9. The van der Waals surface area contributed by atoms with E-state index in [1.165, 1.54) is 0 Å². The Balaban J connectivity index is 3.37. The van der Waals surface area contributed by atoms with Gasteiger partial charge in [0.25, 0.3) is 0 Å². The SMILES string of the molecule is CCOCC1=NC(COCC)N(COCC)C(N(COCC)COCC)N1COCC. The predicted octanol–water partition coefficient (Wildman–Crippen LogP) is 1.96.